The van der Waals surface area contributed by atoms with Gasteiger partial charge in [-0.05, 0) is 18.2 Å². The van der Waals surface area contributed by atoms with E-state index in [1.54, 1.807) is 12.1 Å². The van der Waals surface area contributed by atoms with Crippen molar-refractivity contribution in [3.63, 3.8) is 0 Å². The van der Waals surface area contributed by atoms with E-state index in [9.17, 15) is 19.8 Å². The number of benzene rings is 2. The molecule has 3 aromatic rings. The van der Waals surface area contributed by atoms with Crippen molar-refractivity contribution in [3.05, 3.63) is 85.5 Å². The summed E-state index contributed by atoms with van der Waals surface area (Å²) in [5, 5.41) is 27.7. The number of rotatable bonds is 3. The Labute approximate surface area is 171 Å². The molecule has 0 radical (unpaired) electrons. The van der Waals surface area contributed by atoms with Crippen molar-refractivity contribution in [1.82, 2.24) is 10.2 Å². The second-order valence-electron chi connectivity index (χ2n) is 6.22. The van der Waals surface area contributed by atoms with Crippen LogP contribution in [-0.4, -0.2) is 15.1 Å². The summed E-state index contributed by atoms with van der Waals surface area (Å²) >= 11 is 3.31. The van der Waals surface area contributed by atoms with Crippen molar-refractivity contribution in [2.24, 2.45) is 5.73 Å². The van der Waals surface area contributed by atoms with Crippen molar-refractivity contribution in [2.45, 2.75) is 5.92 Å². The smallest absolute Gasteiger partial charge is 0.270 e. The quantitative estimate of drug-likeness (QED) is 0.451. The summed E-state index contributed by atoms with van der Waals surface area (Å²) in [5.41, 5.74) is 7.15. The van der Waals surface area contributed by atoms with Gasteiger partial charge in [-0.2, -0.15) is 5.26 Å². The van der Waals surface area contributed by atoms with E-state index in [1.165, 1.54) is 30.3 Å². The fraction of sp³-hybridized carbons (Fsp3) is 0.0526. The second kappa shape index (κ2) is 7.03. The molecule has 1 aliphatic heterocycles. The predicted molar refractivity (Wildman–Crippen MR) is 104 cm³/mol. The highest BCUT2D eigenvalue weighted by Gasteiger charge is 2.37. The summed E-state index contributed by atoms with van der Waals surface area (Å²) < 4.78 is 20.8. The number of aromatic amines is 1. The van der Waals surface area contributed by atoms with Gasteiger partial charge in [0.2, 0.25) is 11.8 Å². The van der Waals surface area contributed by atoms with Crippen molar-refractivity contribution in [3.8, 4) is 23.2 Å². The molecule has 29 heavy (non-hydrogen) atoms. The minimum atomic E-state index is -0.908. The minimum absolute atomic E-state index is 0.0163. The van der Waals surface area contributed by atoms with Crippen molar-refractivity contribution in [2.75, 3.05) is 0 Å². The lowest BCUT2D eigenvalue weighted by Crippen LogP contribution is -2.21. The zero-order chi connectivity index (χ0) is 20.7. The minimum Gasteiger partial charge on any atom is -0.420 e. The fourth-order valence-corrected chi connectivity index (χ4v) is 3.67. The van der Waals surface area contributed by atoms with Crippen LogP contribution < -0.4 is 10.5 Å². The number of halogens is 2. The highest BCUT2D eigenvalue weighted by molar-refractivity contribution is 9.10. The number of allylic oxidation sites excluding steroid dienone is 1. The third-order valence-corrected chi connectivity index (χ3v) is 5.05. The molecule has 3 N–H and O–H groups in total. The number of ether oxygens (including phenoxy) is 1. The Morgan fingerprint density at radius 1 is 1.34 bits per heavy atom. The van der Waals surface area contributed by atoms with Crippen LogP contribution in [0.1, 0.15) is 17.0 Å². The molecule has 2 heterocycles. The number of hydrogen-bond donors (Lipinski definition) is 2. The molecule has 10 heteroatoms. The van der Waals surface area contributed by atoms with E-state index in [1.807, 2.05) is 6.07 Å². The lowest BCUT2D eigenvalue weighted by atomic mass is 9.82. The number of aromatic nitrogens is 2. The highest BCUT2D eigenvalue weighted by atomic mass is 79.9. The van der Waals surface area contributed by atoms with Crippen LogP contribution >= 0.6 is 15.9 Å². The number of nitrogens with one attached hydrogen (secondary N) is 1. The summed E-state index contributed by atoms with van der Waals surface area (Å²) in [7, 11) is 0. The Hall–Kier alpha value is -3.71. The van der Waals surface area contributed by atoms with Crippen molar-refractivity contribution < 1.29 is 14.1 Å². The van der Waals surface area contributed by atoms with E-state index in [0.717, 1.165) is 0 Å². The lowest BCUT2D eigenvalue weighted by molar-refractivity contribution is -0.384. The van der Waals surface area contributed by atoms with Gasteiger partial charge in [0.05, 0.1) is 22.1 Å². The zero-order valence-electron chi connectivity index (χ0n) is 14.5. The van der Waals surface area contributed by atoms with E-state index in [4.69, 9.17) is 10.5 Å². The van der Waals surface area contributed by atoms with Gasteiger partial charge < -0.3 is 10.5 Å². The predicted octanol–water partition coefficient (Wildman–Crippen LogP) is 4.10. The molecule has 0 spiro atoms. The SMILES string of the molecule is N#CC1=C(N)Oc2n[nH]c(-c3cccc([N+](=O)[O-])c3)c2[C@H]1c1cc(Br)ccc1F. The van der Waals surface area contributed by atoms with Gasteiger partial charge in [0.1, 0.15) is 17.5 Å². The van der Waals surface area contributed by atoms with Gasteiger partial charge in [-0.3, -0.25) is 15.2 Å². The third-order valence-electron chi connectivity index (χ3n) is 4.55. The van der Waals surface area contributed by atoms with E-state index in [-0.39, 0.29) is 28.6 Å². The number of hydrogen-bond acceptors (Lipinski definition) is 6. The van der Waals surface area contributed by atoms with Crippen LogP contribution in [0.5, 0.6) is 5.88 Å². The first kappa shape index (κ1) is 18.6. The summed E-state index contributed by atoms with van der Waals surface area (Å²) in [6, 6.07) is 12.2. The third kappa shape index (κ3) is 3.11. The number of nitriles is 1. The summed E-state index contributed by atoms with van der Waals surface area (Å²) in [6.45, 7) is 0. The maximum atomic E-state index is 14.7. The number of nitro benzene ring substituents is 1. The summed E-state index contributed by atoms with van der Waals surface area (Å²) in [5.74, 6) is -1.55. The van der Waals surface area contributed by atoms with E-state index in [2.05, 4.69) is 26.1 Å². The van der Waals surface area contributed by atoms with Crippen LogP contribution in [0.15, 0.2) is 58.4 Å². The van der Waals surface area contributed by atoms with Gasteiger partial charge in [0, 0.05) is 27.7 Å². The number of fused-ring (bicyclic) bond motifs is 1. The number of nitro groups is 1. The number of nitrogens with zero attached hydrogens (tertiary/aromatic N) is 3. The van der Waals surface area contributed by atoms with Gasteiger partial charge in [-0.15, -0.1) is 5.10 Å². The highest BCUT2D eigenvalue weighted by Crippen LogP contribution is 2.46. The first-order chi connectivity index (χ1) is 13.9. The molecule has 2 aromatic carbocycles. The summed E-state index contributed by atoms with van der Waals surface area (Å²) in [6.07, 6.45) is 0. The molecule has 0 bridgehead atoms. The molecule has 8 nitrogen and oxygen atoms in total. The van der Waals surface area contributed by atoms with Gasteiger partial charge >= 0.3 is 0 Å². The molecule has 0 saturated carbocycles. The average molecular weight is 456 g/mol. The van der Waals surface area contributed by atoms with Gasteiger partial charge in [0.15, 0.2) is 0 Å². The fourth-order valence-electron chi connectivity index (χ4n) is 3.29. The van der Waals surface area contributed by atoms with Crippen LogP contribution in [0, 0.1) is 27.3 Å². The lowest BCUT2D eigenvalue weighted by Gasteiger charge is -2.24. The number of non-ortho nitro benzene ring substituents is 1. The summed E-state index contributed by atoms with van der Waals surface area (Å²) in [4.78, 5) is 10.6. The molecular weight excluding hydrogens is 445 g/mol. The van der Waals surface area contributed by atoms with Crippen molar-refractivity contribution in [1.29, 1.82) is 5.26 Å². The molecule has 1 atom stereocenters. The molecule has 0 aliphatic carbocycles. The van der Waals surface area contributed by atoms with Crippen LogP contribution in [0.2, 0.25) is 0 Å². The maximum absolute atomic E-state index is 14.7. The first-order valence-electron chi connectivity index (χ1n) is 8.26. The Balaban J connectivity index is 1.98. The molecule has 0 fully saturated rings. The molecule has 0 unspecified atom stereocenters. The van der Waals surface area contributed by atoms with E-state index >= 15 is 0 Å². The molecule has 4 rings (SSSR count). The van der Waals surface area contributed by atoms with Crippen LogP contribution in [0.25, 0.3) is 11.3 Å². The van der Waals surface area contributed by atoms with Crippen LogP contribution in [0.4, 0.5) is 10.1 Å². The standard InChI is InChI=1S/C19H11BrFN5O3/c20-10-4-5-14(21)12(7-10)15-13(8-22)18(23)29-19-16(15)17(24-25-19)9-2-1-3-11(6-9)26(27)28/h1-7,15H,23H2,(H,24,25)/t15-/m0/s1. The topological polar surface area (TPSA) is 131 Å². The Morgan fingerprint density at radius 2 is 2.14 bits per heavy atom. The average Bonchev–Trinajstić information content (AvgIpc) is 3.12. The van der Waals surface area contributed by atoms with E-state index in [0.29, 0.717) is 21.3 Å². The van der Waals surface area contributed by atoms with Gasteiger partial charge in [-0.25, -0.2) is 4.39 Å². The molecule has 0 saturated heterocycles. The number of H-pyrrole nitrogens is 1. The molecule has 0 amide bonds. The van der Waals surface area contributed by atoms with Crippen LogP contribution in [0.3, 0.4) is 0 Å². The maximum Gasteiger partial charge on any atom is 0.270 e. The normalized spacial score (nSPS) is 15.4. The molecule has 1 aromatic heterocycles. The second-order valence-corrected chi connectivity index (χ2v) is 7.13. The van der Waals surface area contributed by atoms with Crippen LogP contribution in [-0.2, 0) is 0 Å². The Kier molecular flexibility index (Phi) is 4.52. The van der Waals surface area contributed by atoms with E-state index < -0.39 is 16.7 Å². The largest absolute Gasteiger partial charge is 0.420 e. The zero-order valence-corrected chi connectivity index (χ0v) is 16.1. The monoisotopic (exact) mass is 455 g/mol. The first-order valence-corrected chi connectivity index (χ1v) is 9.05. The van der Waals surface area contributed by atoms with Gasteiger partial charge in [-0.1, -0.05) is 28.1 Å². The van der Waals surface area contributed by atoms with Crippen molar-refractivity contribution >= 4 is 21.6 Å². The van der Waals surface area contributed by atoms with Gasteiger partial charge in [0.25, 0.3) is 5.69 Å². The molecule has 144 valence electrons. The Morgan fingerprint density at radius 3 is 2.86 bits per heavy atom. The number of nitrogens with two attached hydrogens (primary N) is 1. The molecule has 1 aliphatic rings. The molecular formula is C19H11BrFN5O3. The Bertz CT molecular complexity index is 1230.